The fourth-order valence-corrected chi connectivity index (χ4v) is 3.29. The normalized spacial score (nSPS) is 11.3. The molecule has 0 unspecified atom stereocenters. The number of unbranched alkanes of at least 4 members (excludes halogenated alkanes) is 13. The van der Waals surface area contributed by atoms with Crippen molar-refractivity contribution in [1.82, 2.24) is 10.6 Å². The van der Waals surface area contributed by atoms with Gasteiger partial charge in [-0.15, -0.1) is 0 Å². The lowest BCUT2D eigenvalue weighted by molar-refractivity contribution is -0.121. The van der Waals surface area contributed by atoms with Crippen LogP contribution in [0.3, 0.4) is 0 Å². The SMILES string of the molecule is CCCCCCCC/C=C/CCCCCCCCCC(=O)NCCCNC. The van der Waals surface area contributed by atoms with E-state index in [4.69, 9.17) is 0 Å². The third-order valence-corrected chi connectivity index (χ3v) is 5.09. The lowest BCUT2D eigenvalue weighted by atomic mass is 10.1. The second kappa shape index (κ2) is 23.2. The van der Waals surface area contributed by atoms with Crippen molar-refractivity contribution in [1.29, 1.82) is 0 Å². The maximum atomic E-state index is 11.6. The molecule has 0 rings (SSSR count). The van der Waals surface area contributed by atoms with Crippen LogP contribution in [0.4, 0.5) is 0 Å². The largest absolute Gasteiger partial charge is 0.356 e. The molecule has 0 aliphatic carbocycles. The highest BCUT2D eigenvalue weighted by Crippen LogP contribution is 2.11. The number of hydrogen-bond acceptors (Lipinski definition) is 2. The summed E-state index contributed by atoms with van der Waals surface area (Å²) in [4.78, 5) is 11.6. The molecule has 0 aromatic carbocycles. The molecule has 0 spiro atoms. The maximum absolute atomic E-state index is 11.6. The van der Waals surface area contributed by atoms with Gasteiger partial charge in [0, 0.05) is 13.0 Å². The molecule has 0 fully saturated rings. The van der Waals surface area contributed by atoms with Crippen LogP contribution in [-0.2, 0) is 4.79 Å². The van der Waals surface area contributed by atoms with Crippen LogP contribution in [0.5, 0.6) is 0 Å². The minimum atomic E-state index is 0.221. The van der Waals surface area contributed by atoms with Gasteiger partial charge in [-0.3, -0.25) is 4.79 Å². The Balaban J connectivity index is 3.16. The van der Waals surface area contributed by atoms with Crippen molar-refractivity contribution < 1.29 is 4.79 Å². The molecular weight excluding hydrogens is 332 g/mol. The highest BCUT2D eigenvalue weighted by atomic mass is 16.1. The van der Waals surface area contributed by atoms with E-state index in [9.17, 15) is 4.79 Å². The molecule has 0 bridgehead atoms. The maximum Gasteiger partial charge on any atom is 0.219 e. The van der Waals surface area contributed by atoms with Crippen LogP contribution in [0, 0.1) is 0 Å². The number of nitrogens with one attached hydrogen (secondary N) is 2. The Morgan fingerprint density at radius 3 is 1.74 bits per heavy atom. The van der Waals surface area contributed by atoms with Crippen LogP contribution in [0.1, 0.15) is 116 Å². The van der Waals surface area contributed by atoms with Gasteiger partial charge in [0.1, 0.15) is 0 Å². The second-order valence-corrected chi connectivity index (χ2v) is 7.85. The van der Waals surface area contributed by atoms with E-state index in [0.717, 1.165) is 25.9 Å². The Labute approximate surface area is 170 Å². The lowest BCUT2D eigenvalue weighted by Gasteiger charge is -2.05. The van der Waals surface area contributed by atoms with E-state index in [-0.39, 0.29) is 5.91 Å². The molecule has 3 heteroatoms. The van der Waals surface area contributed by atoms with E-state index in [1.165, 1.54) is 89.9 Å². The highest BCUT2D eigenvalue weighted by Gasteiger charge is 2.00. The van der Waals surface area contributed by atoms with Crippen molar-refractivity contribution >= 4 is 5.91 Å². The number of amides is 1. The summed E-state index contributed by atoms with van der Waals surface area (Å²) in [6.45, 7) is 4.04. The van der Waals surface area contributed by atoms with Crippen molar-refractivity contribution in [2.45, 2.75) is 116 Å². The summed E-state index contributed by atoms with van der Waals surface area (Å²) in [5.74, 6) is 0.221. The third-order valence-electron chi connectivity index (χ3n) is 5.09. The molecule has 0 saturated heterocycles. The molecular formula is C24H48N2O. The summed E-state index contributed by atoms with van der Waals surface area (Å²) in [5.41, 5.74) is 0. The van der Waals surface area contributed by atoms with Crippen LogP contribution >= 0.6 is 0 Å². The van der Waals surface area contributed by atoms with Gasteiger partial charge >= 0.3 is 0 Å². The minimum Gasteiger partial charge on any atom is -0.356 e. The van der Waals surface area contributed by atoms with Crippen LogP contribution in [-0.4, -0.2) is 26.0 Å². The molecule has 0 aromatic heterocycles. The van der Waals surface area contributed by atoms with Gasteiger partial charge < -0.3 is 10.6 Å². The lowest BCUT2D eigenvalue weighted by Crippen LogP contribution is -2.26. The Morgan fingerprint density at radius 2 is 1.19 bits per heavy atom. The molecule has 0 saturated carbocycles. The Bertz CT molecular complexity index is 328. The van der Waals surface area contributed by atoms with Crippen LogP contribution in [0.2, 0.25) is 0 Å². The fraction of sp³-hybridized carbons (Fsp3) is 0.875. The van der Waals surface area contributed by atoms with E-state index in [0.29, 0.717) is 6.42 Å². The number of allylic oxidation sites excluding steroid dienone is 2. The summed E-state index contributed by atoms with van der Waals surface area (Å²) in [6.07, 6.45) is 26.3. The standard InChI is InChI=1S/C24H48N2O/c1-3-4-5-6-7-8-9-10-11-12-13-14-15-16-17-18-19-21-24(27)26-23-20-22-25-2/h10-11,25H,3-9,12-23H2,1-2H3,(H,26,27)/b11-10+. The van der Waals surface area contributed by atoms with Crippen molar-refractivity contribution in [3.63, 3.8) is 0 Å². The van der Waals surface area contributed by atoms with E-state index in [1.807, 2.05) is 7.05 Å². The van der Waals surface area contributed by atoms with Crippen LogP contribution in [0.25, 0.3) is 0 Å². The quantitative estimate of drug-likeness (QED) is 0.175. The molecule has 0 atom stereocenters. The Morgan fingerprint density at radius 1 is 0.667 bits per heavy atom. The van der Waals surface area contributed by atoms with E-state index in [2.05, 4.69) is 29.7 Å². The van der Waals surface area contributed by atoms with E-state index < -0.39 is 0 Å². The van der Waals surface area contributed by atoms with Gasteiger partial charge in [0.05, 0.1) is 0 Å². The van der Waals surface area contributed by atoms with Crippen molar-refractivity contribution in [3.05, 3.63) is 12.2 Å². The zero-order valence-corrected chi connectivity index (χ0v) is 18.5. The number of carbonyl (C=O) groups excluding carboxylic acids is 1. The first-order valence-electron chi connectivity index (χ1n) is 11.9. The zero-order valence-electron chi connectivity index (χ0n) is 18.5. The smallest absolute Gasteiger partial charge is 0.219 e. The highest BCUT2D eigenvalue weighted by molar-refractivity contribution is 5.75. The summed E-state index contributed by atoms with van der Waals surface area (Å²) in [5, 5.41) is 6.08. The first kappa shape index (κ1) is 26.2. The van der Waals surface area contributed by atoms with Gasteiger partial charge in [0.15, 0.2) is 0 Å². The van der Waals surface area contributed by atoms with Crippen LogP contribution < -0.4 is 10.6 Å². The predicted octanol–water partition coefficient (Wildman–Crippen LogP) is 6.53. The molecule has 0 heterocycles. The van der Waals surface area contributed by atoms with Gasteiger partial charge in [-0.1, -0.05) is 83.3 Å². The Hall–Kier alpha value is -0.830. The van der Waals surface area contributed by atoms with Gasteiger partial charge in [0.25, 0.3) is 0 Å². The predicted molar refractivity (Wildman–Crippen MR) is 120 cm³/mol. The van der Waals surface area contributed by atoms with Gasteiger partial charge in [-0.2, -0.15) is 0 Å². The topological polar surface area (TPSA) is 41.1 Å². The second-order valence-electron chi connectivity index (χ2n) is 7.85. The molecule has 0 radical (unpaired) electrons. The number of hydrogen-bond donors (Lipinski definition) is 2. The molecule has 0 aromatic rings. The minimum absolute atomic E-state index is 0.221. The number of carbonyl (C=O) groups is 1. The van der Waals surface area contributed by atoms with E-state index >= 15 is 0 Å². The van der Waals surface area contributed by atoms with Crippen molar-refractivity contribution in [3.8, 4) is 0 Å². The third kappa shape index (κ3) is 23.1. The average Bonchev–Trinajstić information content (AvgIpc) is 2.67. The van der Waals surface area contributed by atoms with E-state index in [1.54, 1.807) is 0 Å². The summed E-state index contributed by atoms with van der Waals surface area (Å²) < 4.78 is 0. The van der Waals surface area contributed by atoms with Gasteiger partial charge in [-0.05, 0) is 52.1 Å². The summed E-state index contributed by atoms with van der Waals surface area (Å²) in [7, 11) is 1.94. The first-order valence-corrected chi connectivity index (χ1v) is 11.9. The molecule has 2 N–H and O–H groups in total. The molecule has 3 nitrogen and oxygen atoms in total. The molecule has 0 aliphatic heterocycles. The van der Waals surface area contributed by atoms with Gasteiger partial charge in [0.2, 0.25) is 5.91 Å². The van der Waals surface area contributed by atoms with Gasteiger partial charge in [-0.25, -0.2) is 0 Å². The summed E-state index contributed by atoms with van der Waals surface area (Å²) >= 11 is 0. The summed E-state index contributed by atoms with van der Waals surface area (Å²) in [6, 6.07) is 0. The Kier molecular flexibility index (Phi) is 22.5. The average molecular weight is 381 g/mol. The molecule has 1 amide bonds. The fourth-order valence-electron chi connectivity index (χ4n) is 3.29. The molecule has 27 heavy (non-hydrogen) atoms. The molecule has 0 aliphatic rings. The molecule has 160 valence electrons. The van der Waals surface area contributed by atoms with Crippen LogP contribution in [0.15, 0.2) is 12.2 Å². The van der Waals surface area contributed by atoms with Crippen molar-refractivity contribution in [2.24, 2.45) is 0 Å². The number of rotatable bonds is 21. The monoisotopic (exact) mass is 380 g/mol. The first-order chi connectivity index (χ1) is 13.3. The van der Waals surface area contributed by atoms with Crippen molar-refractivity contribution in [2.75, 3.05) is 20.1 Å². The zero-order chi connectivity index (χ0) is 19.8.